The molecule has 0 amide bonds. The molecule has 0 atom stereocenters. The lowest BCUT2D eigenvalue weighted by Crippen LogP contribution is -2.10. The van der Waals surface area contributed by atoms with E-state index >= 15 is 0 Å². The van der Waals surface area contributed by atoms with Crippen molar-refractivity contribution in [3.05, 3.63) is 52.0 Å². The predicted molar refractivity (Wildman–Crippen MR) is 88.3 cm³/mol. The summed E-state index contributed by atoms with van der Waals surface area (Å²) in [5, 5.41) is 1.08. The molecule has 22 heavy (non-hydrogen) atoms. The van der Waals surface area contributed by atoms with Gasteiger partial charge in [0, 0.05) is 17.6 Å². The maximum atomic E-state index is 6.02. The van der Waals surface area contributed by atoms with Gasteiger partial charge >= 0.3 is 0 Å². The Hall–Kier alpha value is -1.62. The molecular weight excluding hydrogens is 325 g/mol. The van der Waals surface area contributed by atoms with E-state index in [1.54, 1.807) is 25.3 Å². The summed E-state index contributed by atoms with van der Waals surface area (Å²) in [5.41, 5.74) is 6.57. The molecule has 0 bridgehead atoms. The molecule has 0 aliphatic carbocycles. The zero-order valence-electron chi connectivity index (χ0n) is 12.1. The first-order valence-electron chi connectivity index (χ1n) is 6.71. The van der Waals surface area contributed by atoms with Crippen LogP contribution < -0.4 is 19.9 Å². The second-order valence-electron chi connectivity index (χ2n) is 4.46. The van der Waals surface area contributed by atoms with E-state index in [2.05, 4.69) is 0 Å². The van der Waals surface area contributed by atoms with Gasteiger partial charge in [-0.3, -0.25) is 0 Å². The zero-order chi connectivity index (χ0) is 15.9. The molecule has 118 valence electrons. The van der Waals surface area contributed by atoms with Gasteiger partial charge in [0.25, 0.3) is 0 Å². The Morgan fingerprint density at radius 3 is 2.32 bits per heavy atom. The van der Waals surface area contributed by atoms with Gasteiger partial charge in [-0.25, -0.2) is 0 Å². The van der Waals surface area contributed by atoms with E-state index in [1.807, 2.05) is 18.2 Å². The number of hydrogen-bond donors (Lipinski definition) is 1. The quantitative estimate of drug-likeness (QED) is 0.775. The van der Waals surface area contributed by atoms with Crippen LogP contribution in [-0.4, -0.2) is 20.3 Å². The fraction of sp³-hybridized carbons (Fsp3) is 0.250. The van der Waals surface area contributed by atoms with E-state index in [-0.39, 0.29) is 0 Å². The van der Waals surface area contributed by atoms with Crippen molar-refractivity contribution in [2.24, 2.45) is 5.73 Å². The van der Waals surface area contributed by atoms with E-state index in [1.165, 1.54) is 0 Å². The topological polar surface area (TPSA) is 53.7 Å². The van der Waals surface area contributed by atoms with Gasteiger partial charge in [-0.1, -0.05) is 29.3 Å². The molecule has 0 spiro atoms. The fourth-order valence-electron chi connectivity index (χ4n) is 1.85. The highest BCUT2D eigenvalue weighted by molar-refractivity contribution is 6.34. The van der Waals surface area contributed by atoms with Crippen molar-refractivity contribution in [3.63, 3.8) is 0 Å². The minimum atomic E-state index is 0.335. The van der Waals surface area contributed by atoms with Gasteiger partial charge in [-0.2, -0.15) is 0 Å². The summed E-state index contributed by atoms with van der Waals surface area (Å²) in [6, 6.07) is 10.6. The summed E-state index contributed by atoms with van der Waals surface area (Å²) in [7, 11) is 1.59. The normalized spacial score (nSPS) is 10.4. The Bertz CT molecular complexity index is 635. The third-order valence-electron chi connectivity index (χ3n) is 2.96. The summed E-state index contributed by atoms with van der Waals surface area (Å²) in [5.74, 6) is 1.81. The fourth-order valence-corrected chi connectivity index (χ4v) is 2.18. The van der Waals surface area contributed by atoms with Crippen LogP contribution in [0.2, 0.25) is 10.0 Å². The lowest BCUT2D eigenvalue weighted by Gasteiger charge is -2.13. The van der Waals surface area contributed by atoms with Gasteiger partial charge in [-0.15, -0.1) is 0 Å². The zero-order valence-corrected chi connectivity index (χ0v) is 13.7. The van der Waals surface area contributed by atoms with Crippen LogP contribution in [0.25, 0.3) is 0 Å². The molecule has 2 aromatic rings. The Labute approximate surface area is 139 Å². The number of ether oxygens (including phenoxy) is 3. The van der Waals surface area contributed by atoms with Crippen molar-refractivity contribution >= 4 is 23.2 Å². The number of benzene rings is 2. The van der Waals surface area contributed by atoms with E-state index < -0.39 is 0 Å². The first-order chi connectivity index (χ1) is 10.6. The van der Waals surface area contributed by atoms with Crippen molar-refractivity contribution < 1.29 is 14.2 Å². The monoisotopic (exact) mass is 341 g/mol. The molecule has 0 unspecified atom stereocenters. The second kappa shape index (κ2) is 8.13. The van der Waals surface area contributed by atoms with Crippen LogP contribution in [0.1, 0.15) is 5.56 Å². The molecule has 2 aromatic carbocycles. The molecule has 0 saturated carbocycles. The maximum Gasteiger partial charge on any atom is 0.161 e. The van der Waals surface area contributed by atoms with Crippen molar-refractivity contribution in [1.82, 2.24) is 0 Å². The van der Waals surface area contributed by atoms with Crippen LogP contribution in [0.4, 0.5) is 0 Å². The van der Waals surface area contributed by atoms with E-state index in [0.717, 1.165) is 5.56 Å². The molecule has 2 N–H and O–H groups in total. The SMILES string of the molecule is COc1cc(CN)ccc1OCCOc1cc(Cl)ccc1Cl. The molecule has 0 heterocycles. The number of rotatable bonds is 7. The highest BCUT2D eigenvalue weighted by Gasteiger charge is 2.06. The van der Waals surface area contributed by atoms with Crippen LogP contribution >= 0.6 is 23.2 Å². The smallest absolute Gasteiger partial charge is 0.161 e. The van der Waals surface area contributed by atoms with Crippen molar-refractivity contribution in [2.45, 2.75) is 6.54 Å². The molecule has 0 aliphatic rings. The third kappa shape index (κ3) is 4.44. The number of halogens is 2. The van der Waals surface area contributed by atoms with Gasteiger partial charge in [0.05, 0.1) is 12.1 Å². The Morgan fingerprint density at radius 1 is 0.909 bits per heavy atom. The van der Waals surface area contributed by atoms with Crippen molar-refractivity contribution in [2.75, 3.05) is 20.3 Å². The molecule has 6 heteroatoms. The summed E-state index contributed by atoms with van der Waals surface area (Å²) < 4.78 is 16.5. The summed E-state index contributed by atoms with van der Waals surface area (Å²) in [6.45, 7) is 1.13. The molecule has 0 fully saturated rings. The van der Waals surface area contributed by atoms with E-state index in [0.29, 0.717) is 47.1 Å². The Kier molecular flexibility index (Phi) is 6.19. The van der Waals surface area contributed by atoms with Gasteiger partial charge in [0.2, 0.25) is 0 Å². The van der Waals surface area contributed by atoms with Crippen molar-refractivity contribution in [3.8, 4) is 17.2 Å². The summed E-state index contributed by atoms with van der Waals surface area (Å²) >= 11 is 11.9. The molecule has 0 saturated heterocycles. The molecule has 0 aromatic heterocycles. The Balaban J connectivity index is 1.90. The molecule has 2 rings (SSSR count). The lowest BCUT2D eigenvalue weighted by molar-refractivity contribution is 0.211. The third-order valence-corrected chi connectivity index (χ3v) is 3.50. The molecule has 4 nitrogen and oxygen atoms in total. The van der Waals surface area contributed by atoms with Crippen LogP contribution in [0.15, 0.2) is 36.4 Å². The molecular formula is C16H17Cl2NO3. The molecule has 0 aliphatic heterocycles. The van der Waals surface area contributed by atoms with Gasteiger partial charge in [0.1, 0.15) is 19.0 Å². The maximum absolute atomic E-state index is 6.02. The highest BCUT2D eigenvalue weighted by Crippen LogP contribution is 2.29. The van der Waals surface area contributed by atoms with E-state index in [4.69, 9.17) is 43.1 Å². The minimum Gasteiger partial charge on any atom is -0.493 e. The van der Waals surface area contributed by atoms with Gasteiger partial charge in [0.15, 0.2) is 11.5 Å². The highest BCUT2D eigenvalue weighted by atomic mass is 35.5. The Morgan fingerprint density at radius 2 is 1.64 bits per heavy atom. The lowest BCUT2D eigenvalue weighted by atomic mass is 10.2. The minimum absolute atomic E-state index is 0.335. The van der Waals surface area contributed by atoms with Crippen LogP contribution in [-0.2, 0) is 6.54 Å². The van der Waals surface area contributed by atoms with Gasteiger partial charge in [-0.05, 0) is 29.8 Å². The average molecular weight is 342 g/mol. The first-order valence-corrected chi connectivity index (χ1v) is 7.47. The van der Waals surface area contributed by atoms with Gasteiger partial charge < -0.3 is 19.9 Å². The second-order valence-corrected chi connectivity index (χ2v) is 5.30. The largest absolute Gasteiger partial charge is 0.493 e. The number of methoxy groups -OCH3 is 1. The van der Waals surface area contributed by atoms with Crippen LogP contribution in [0.5, 0.6) is 17.2 Å². The van der Waals surface area contributed by atoms with Crippen molar-refractivity contribution in [1.29, 1.82) is 0 Å². The van der Waals surface area contributed by atoms with E-state index in [9.17, 15) is 0 Å². The van der Waals surface area contributed by atoms with Crippen LogP contribution in [0.3, 0.4) is 0 Å². The first kappa shape index (κ1) is 16.7. The number of nitrogens with two attached hydrogens (primary N) is 1. The summed E-state index contributed by atoms with van der Waals surface area (Å²) in [4.78, 5) is 0. The number of hydrogen-bond acceptors (Lipinski definition) is 4. The van der Waals surface area contributed by atoms with Crippen LogP contribution in [0, 0.1) is 0 Å². The standard InChI is InChI=1S/C16H17Cl2NO3/c1-20-16-8-11(10-19)2-5-14(16)21-6-7-22-15-9-12(17)3-4-13(15)18/h2-5,8-9H,6-7,10,19H2,1H3. The molecule has 0 radical (unpaired) electrons. The predicted octanol–water partition coefficient (Wildman–Crippen LogP) is 3.92. The average Bonchev–Trinajstić information content (AvgIpc) is 2.54. The summed E-state index contributed by atoms with van der Waals surface area (Å²) in [6.07, 6.45) is 0.